The summed E-state index contributed by atoms with van der Waals surface area (Å²) in [5.41, 5.74) is 1.93. The zero-order valence-corrected chi connectivity index (χ0v) is 21.9. The van der Waals surface area contributed by atoms with Crippen LogP contribution >= 0.6 is 0 Å². The van der Waals surface area contributed by atoms with Crippen molar-refractivity contribution in [3.05, 3.63) is 23.7 Å². The number of nitrogens with zero attached hydrogens (tertiary/aromatic N) is 4. The highest BCUT2D eigenvalue weighted by Gasteiger charge is 2.60. The Hall–Kier alpha value is -1.82. The number of hydrogen-bond donors (Lipinski definition) is 2. The molecular formula is C27H45N5O. The highest BCUT2D eigenvalue weighted by molar-refractivity contribution is 6.00. The topological polar surface area (TPSA) is 68.4 Å². The van der Waals surface area contributed by atoms with E-state index in [2.05, 4.69) is 55.1 Å². The Labute approximate surface area is 200 Å². The second kappa shape index (κ2) is 8.44. The molecule has 2 N–H and O–H groups in total. The van der Waals surface area contributed by atoms with Crippen molar-refractivity contribution in [2.75, 3.05) is 25.7 Å². The Bertz CT molecular complexity index is 933. The SMILES string of the molecule is C/C(=C\Cn1cnc2c1C(=N)N(C)CN2C)CC[C@]1(C)C2CCCC(C)(C)[C@]2(O)CC[C@H]1C. The first kappa shape index (κ1) is 24.3. The lowest BCUT2D eigenvalue weighted by atomic mass is 9.45. The Morgan fingerprint density at radius 2 is 1.94 bits per heavy atom. The van der Waals surface area contributed by atoms with Crippen LogP contribution in [0.2, 0.25) is 0 Å². The first-order valence-electron chi connectivity index (χ1n) is 12.8. The van der Waals surface area contributed by atoms with E-state index in [1.54, 1.807) is 0 Å². The van der Waals surface area contributed by atoms with Crippen LogP contribution in [0.3, 0.4) is 0 Å². The van der Waals surface area contributed by atoms with Gasteiger partial charge < -0.3 is 19.5 Å². The van der Waals surface area contributed by atoms with Crippen LogP contribution in [0, 0.1) is 28.1 Å². The van der Waals surface area contributed by atoms with Gasteiger partial charge in [0.25, 0.3) is 0 Å². The highest BCUT2D eigenvalue weighted by Crippen LogP contribution is 2.62. The summed E-state index contributed by atoms with van der Waals surface area (Å²) >= 11 is 0. The Morgan fingerprint density at radius 1 is 1.21 bits per heavy atom. The van der Waals surface area contributed by atoms with Gasteiger partial charge in [0.15, 0.2) is 5.82 Å². The zero-order valence-electron chi connectivity index (χ0n) is 21.9. The van der Waals surface area contributed by atoms with E-state index in [0.717, 1.165) is 56.6 Å². The molecule has 4 atom stereocenters. The van der Waals surface area contributed by atoms with Gasteiger partial charge in [0.05, 0.1) is 18.6 Å². The molecule has 184 valence electrons. The van der Waals surface area contributed by atoms with Gasteiger partial charge in [0.1, 0.15) is 11.5 Å². The third kappa shape index (κ3) is 3.92. The quantitative estimate of drug-likeness (QED) is 0.594. The lowest BCUT2D eigenvalue weighted by Crippen LogP contribution is -2.62. The summed E-state index contributed by atoms with van der Waals surface area (Å²) in [6, 6.07) is 0. The van der Waals surface area contributed by atoms with Crippen LogP contribution < -0.4 is 4.90 Å². The molecule has 1 aromatic heterocycles. The summed E-state index contributed by atoms with van der Waals surface area (Å²) < 4.78 is 2.10. The molecule has 0 amide bonds. The number of hydrogen-bond acceptors (Lipinski definition) is 4. The van der Waals surface area contributed by atoms with Crippen molar-refractivity contribution in [1.29, 1.82) is 5.41 Å². The number of aliphatic hydroxyl groups is 1. The summed E-state index contributed by atoms with van der Waals surface area (Å²) in [5, 5.41) is 20.4. The largest absolute Gasteiger partial charge is 0.389 e. The number of allylic oxidation sites excluding steroid dienone is 2. The third-order valence-electron chi connectivity index (χ3n) is 9.83. The average Bonchev–Trinajstić information content (AvgIpc) is 3.18. The van der Waals surface area contributed by atoms with Crippen LogP contribution in [0.1, 0.15) is 85.3 Å². The molecule has 1 aromatic rings. The van der Waals surface area contributed by atoms with Gasteiger partial charge in [-0.3, -0.25) is 5.41 Å². The molecule has 2 heterocycles. The molecular weight excluding hydrogens is 410 g/mol. The van der Waals surface area contributed by atoms with E-state index in [4.69, 9.17) is 5.41 Å². The molecule has 3 aliphatic rings. The molecule has 0 bridgehead atoms. The number of nitrogens with one attached hydrogen (secondary N) is 1. The van der Waals surface area contributed by atoms with Gasteiger partial charge in [-0.1, -0.05) is 45.8 Å². The molecule has 6 nitrogen and oxygen atoms in total. The van der Waals surface area contributed by atoms with Crippen LogP contribution in [0.5, 0.6) is 0 Å². The maximum Gasteiger partial charge on any atom is 0.159 e. The monoisotopic (exact) mass is 455 g/mol. The van der Waals surface area contributed by atoms with E-state index < -0.39 is 5.60 Å². The summed E-state index contributed by atoms with van der Waals surface area (Å²) in [6.45, 7) is 13.1. The van der Waals surface area contributed by atoms with E-state index >= 15 is 0 Å². The van der Waals surface area contributed by atoms with Crippen molar-refractivity contribution in [1.82, 2.24) is 14.5 Å². The van der Waals surface area contributed by atoms with Gasteiger partial charge >= 0.3 is 0 Å². The van der Waals surface area contributed by atoms with Gasteiger partial charge in [0.2, 0.25) is 0 Å². The summed E-state index contributed by atoms with van der Waals surface area (Å²) in [4.78, 5) is 8.62. The standard InChI is InChI=1S/C27H45N5O/c1-19(12-16-32-17-29-24-22(32)23(28)30(6)18-31(24)7)10-14-26(5)20(2)11-15-27(33)21(26)9-8-13-25(27,3)4/h12,17,20-21,28,33H,8-11,13-16,18H2,1-7H3/b19-12+,28-23?/t20-,21?,26+,27+/m1/s1. The molecule has 0 saturated heterocycles. The minimum atomic E-state index is -0.529. The fourth-order valence-electron chi connectivity index (χ4n) is 7.08. The molecule has 33 heavy (non-hydrogen) atoms. The Kier molecular flexibility index (Phi) is 6.22. The van der Waals surface area contributed by atoms with Crippen molar-refractivity contribution in [3.63, 3.8) is 0 Å². The van der Waals surface area contributed by atoms with Crippen LogP contribution in [-0.2, 0) is 6.54 Å². The van der Waals surface area contributed by atoms with E-state index in [0.29, 0.717) is 24.3 Å². The first-order chi connectivity index (χ1) is 15.4. The van der Waals surface area contributed by atoms with E-state index in [9.17, 15) is 5.11 Å². The number of fused-ring (bicyclic) bond motifs is 2. The minimum absolute atomic E-state index is 0.00744. The lowest BCUT2D eigenvalue weighted by molar-refractivity contribution is -0.212. The molecule has 0 radical (unpaired) electrons. The van der Waals surface area contributed by atoms with Gasteiger partial charge in [-0.2, -0.15) is 0 Å². The number of aromatic nitrogens is 2. The fraction of sp³-hybridized carbons (Fsp3) is 0.778. The van der Waals surface area contributed by atoms with Crippen molar-refractivity contribution < 1.29 is 5.11 Å². The number of anilines is 1. The number of rotatable bonds is 5. The smallest absolute Gasteiger partial charge is 0.159 e. The second-order valence-electron chi connectivity index (χ2n) is 12.2. The van der Waals surface area contributed by atoms with E-state index in [1.807, 2.05) is 25.3 Å². The molecule has 2 fully saturated rings. The van der Waals surface area contributed by atoms with E-state index in [1.165, 1.54) is 12.0 Å². The van der Waals surface area contributed by atoms with Gasteiger partial charge in [-0.05, 0) is 68.1 Å². The molecule has 2 aliphatic carbocycles. The van der Waals surface area contributed by atoms with Crippen LogP contribution in [-0.4, -0.2) is 51.8 Å². The van der Waals surface area contributed by atoms with Crippen molar-refractivity contribution in [2.45, 2.75) is 91.7 Å². The molecule has 4 rings (SSSR count). The molecule has 1 aliphatic heterocycles. The third-order valence-corrected chi connectivity index (χ3v) is 9.83. The highest BCUT2D eigenvalue weighted by atomic mass is 16.3. The molecule has 2 saturated carbocycles. The minimum Gasteiger partial charge on any atom is -0.389 e. The zero-order chi connectivity index (χ0) is 24.2. The summed E-state index contributed by atoms with van der Waals surface area (Å²) in [6.07, 6.45) is 12.0. The Morgan fingerprint density at radius 3 is 2.67 bits per heavy atom. The number of imidazole rings is 1. The first-order valence-corrected chi connectivity index (χ1v) is 12.8. The molecule has 0 spiro atoms. The van der Waals surface area contributed by atoms with Gasteiger partial charge in [0, 0.05) is 20.6 Å². The van der Waals surface area contributed by atoms with Crippen LogP contribution in [0.4, 0.5) is 5.82 Å². The van der Waals surface area contributed by atoms with Crippen molar-refractivity contribution in [2.24, 2.45) is 22.7 Å². The average molecular weight is 456 g/mol. The van der Waals surface area contributed by atoms with Crippen molar-refractivity contribution in [3.8, 4) is 0 Å². The predicted molar refractivity (Wildman–Crippen MR) is 136 cm³/mol. The molecule has 6 heteroatoms. The predicted octanol–water partition coefficient (Wildman–Crippen LogP) is 5.27. The second-order valence-corrected chi connectivity index (χ2v) is 12.2. The summed E-state index contributed by atoms with van der Waals surface area (Å²) in [7, 11) is 3.99. The number of amidine groups is 1. The fourth-order valence-corrected chi connectivity index (χ4v) is 7.08. The normalized spacial score (nSPS) is 34.3. The maximum absolute atomic E-state index is 11.9. The van der Waals surface area contributed by atoms with Crippen LogP contribution in [0.15, 0.2) is 18.0 Å². The van der Waals surface area contributed by atoms with Gasteiger partial charge in [-0.25, -0.2) is 4.98 Å². The van der Waals surface area contributed by atoms with Crippen molar-refractivity contribution >= 4 is 11.7 Å². The molecule has 0 aromatic carbocycles. The summed E-state index contributed by atoms with van der Waals surface area (Å²) in [5.74, 6) is 2.45. The van der Waals surface area contributed by atoms with E-state index in [-0.39, 0.29) is 10.8 Å². The lowest BCUT2D eigenvalue weighted by Gasteiger charge is -2.62. The Balaban J connectivity index is 1.47. The maximum atomic E-state index is 11.9. The molecule has 1 unspecified atom stereocenters. The van der Waals surface area contributed by atoms with Crippen LogP contribution in [0.25, 0.3) is 0 Å². The van der Waals surface area contributed by atoms with Gasteiger partial charge in [-0.15, -0.1) is 0 Å².